The zero-order chi connectivity index (χ0) is 27.3. The Kier molecular flexibility index (Phi) is 5.51. The molecule has 41 heavy (non-hydrogen) atoms. The summed E-state index contributed by atoms with van der Waals surface area (Å²) in [7, 11) is 0. The van der Waals surface area contributed by atoms with Crippen molar-refractivity contribution in [2.75, 3.05) is 0 Å². The molecule has 0 aliphatic heterocycles. The maximum Gasteiger partial charge on any atom is 0.226 e. The van der Waals surface area contributed by atoms with Gasteiger partial charge in [-0.2, -0.15) is 9.97 Å². The van der Waals surface area contributed by atoms with E-state index in [4.69, 9.17) is 16.6 Å². The minimum absolute atomic E-state index is 0.174. The first-order chi connectivity index (χ1) is 20.2. The number of aromatic nitrogens is 3. The van der Waals surface area contributed by atoms with Gasteiger partial charge in [0.25, 0.3) is 0 Å². The third-order valence-electron chi connectivity index (χ3n) is 7.84. The van der Waals surface area contributed by atoms with E-state index in [0.29, 0.717) is 11.6 Å². The molecule has 8 rings (SSSR count). The Morgan fingerprint density at radius 2 is 0.976 bits per heavy atom. The Morgan fingerprint density at radius 3 is 1.85 bits per heavy atom. The number of hydrogen-bond acceptors (Lipinski definition) is 3. The fraction of sp³-hybridized carbons (Fsp3) is 0. The van der Waals surface area contributed by atoms with Gasteiger partial charge in [-0.15, -0.1) is 0 Å². The molecule has 0 aliphatic rings. The number of benzene rings is 7. The molecule has 0 amide bonds. The summed E-state index contributed by atoms with van der Waals surface area (Å²) in [4.78, 5) is 14.0. The molecule has 0 bridgehead atoms. The molecule has 0 atom stereocenters. The lowest BCUT2D eigenvalue weighted by Crippen LogP contribution is -1.98. The lowest BCUT2D eigenvalue weighted by molar-refractivity contribution is 1.07. The fourth-order valence-corrected chi connectivity index (χ4v) is 6.01. The minimum Gasteiger partial charge on any atom is -0.208 e. The third-order valence-corrected chi connectivity index (χ3v) is 8.01. The molecule has 1 heterocycles. The summed E-state index contributed by atoms with van der Waals surface area (Å²) in [6.07, 6.45) is 0. The Balaban J connectivity index is 1.24. The Morgan fingerprint density at radius 1 is 0.366 bits per heavy atom. The van der Waals surface area contributed by atoms with Gasteiger partial charge in [-0.1, -0.05) is 121 Å². The summed E-state index contributed by atoms with van der Waals surface area (Å²) >= 11 is 6.51. The number of hydrogen-bond donors (Lipinski definition) is 0. The third kappa shape index (κ3) is 4.10. The van der Waals surface area contributed by atoms with Gasteiger partial charge in [0.2, 0.25) is 5.28 Å². The second kappa shape index (κ2) is 9.51. The normalized spacial score (nSPS) is 11.5. The molecule has 0 fully saturated rings. The SMILES string of the molecule is Clc1nc(-c2ccc3cc(-c4ccccc4)ccc3c2)nc(-c2cccc3c2ccc2c4ccccc4ccc32)n1. The van der Waals surface area contributed by atoms with E-state index in [2.05, 4.69) is 131 Å². The van der Waals surface area contributed by atoms with Crippen LogP contribution >= 0.6 is 11.6 Å². The number of rotatable bonds is 3. The monoisotopic (exact) mass is 543 g/mol. The van der Waals surface area contributed by atoms with Gasteiger partial charge < -0.3 is 0 Å². The van der Waals surface area contributed by atoms with Gasteiger partial charge in [0.1, 0.15) is 0 Å². The van der Waals surface area contributed by atoms with Crippen molar-refractivity contribution in [3.63, 3.8) is 0 Å². The molecule has 7 aromatic carbocycles. The first-order valence-corrected chi connectivity index (χ1v) is 13.9. The number of nitrogens with zero attached hydrogens (tertiary/aromatic N) is 3. The van der Waals surface area contributed by atoms with E-state index in [1.165, 1.54) is 32.7 Å². The van der Waals surface area contributed by atoms with Crippen LogP contribution in [0.15, 0.2) is 133 Å². The quantitative estimate of drug-likeness (QED) is 0.208. The van der Waals surface area contributed by atoms with Crippen LogP contribution in [0.4, 0.5) is 0 Å². The molecule has 0 saturated carbocycles. The molecular weight excluding hydrogens is 522 g/mol. The van der Waals surface area contributed by atoms with Crippen molar-refractivity contribution in [1.82, 2.24) is 15.0 Å². The van der Waals surface area contributed by atoms with Crippen LogP contribution in [-0.2, 0) is 0 Å². The fourth-order valence-electron chi connectivity index (χ4n) is 5.85. The number of fused-ring (bicyclic) bond motifs is 6. The molecule has 4 heteroatoms. The molecule has 192 valence electrons. The van der Waals surface area contributed by atoms with Crippen molar-refractivity contribution >= 4 is 54.7 Å². The average molecular weight is 544 g/mol. The standard InChI is InChI=1S/C37H22ClN3/c38-37-40-35(28-16-15-26-21-25(13-14-27(26)22-28)23-7-2-1-3-8-23)39-36(41-37)34-12-6-11-30-32-18-17-24-9-4-5-10-29(24)31(32)19-20-33(30)34/h1-22H. The molecular formula is C37H22ClN3. The van der Waals surface area contributed by atoms with E-state index in [0.717, 1.165) is 32.7 Å². The first-order valence-electron chi connectivity index (χ1n) is 13.6. The van der Waals surface area contributed by atoms with Crippen LogP contribution in [0.3, 0.4) is 0 Å². The van der Waals surface area contributed by atoms with Crippen molar-refractivity contribution in [3.05, 3.63) is 139 Å². The Hall–Kier alpha value is -5.12. The van der Waals surface area contributed by atoms with Crippen molar-refractivity contribution in [2.45, 2.75) is 0 Å². The van der Waals surface area contributed by atoms with Crippen LogP contribution < -0.4 is 0 Å². The van der Waals surface area contributed by atoms with E-state index < -0.39 is 0 Å². The van der Waals surface area contributed by atoms with E-state index in [-0.39, 0.29) is 5.28 Å². The van der Waals surface area contributed by atoms with Gasteiger partial charge in [-0.05, 0) is 78.0 Å². The predicted molar refractivity (Wildman–Crippen MR) is 171 cm³/mol. The Bertz CT molecular complexity index is 2280. The van der Waals surface area contributed by atoms with Crippen LogP contribution in [0.25, 0.3) is 77.0 Å². The van der Waals surface area contributed by atoms with Gasteiger partial charge in [0, 0.05) is 11.1 Å². The molecule has 0 radical (unpaired) electrons. The van der Waals surface area contributed by atoms with E-state index in [1.54, 1.807) is 0 Å². The molecule has 0 spiro atoms. The van der Waals surface area contributed by atoms with Crippen molar-refractivity contribution < 1.29 is 0 Å². The molecule has 3 nitrogen and oxygen atoms in total. The van der Waals surface area contributed by atoms with E-state index >= 15 is 0 Å². The van der Waals surface area contributed by atoms with Gasteiger partial charge in [-0.25, -0.2) is 4.98 Å². The summed E-state index contributed by atoms with van der Waals surface area (Å²) in [5, 5.41) is 9.59. The molecule has 0 aliphatic carbocycles. The van der Waals surface area contributed by atoms with Crippen LogP contribution in [-0.4, -0.2) is 15.0 Å². The summed E-state index contributed by atoms with van der Waals surface area (Å²) in [6, 6.07) is 46.7. The van der Waals surface area contributed by atoms with Gasteiger partial charge in [0.05, 0.1) is 0 Å². The highest BCUT2D eigenvalue weighted by molar-refractivity contribution is 6.28. The van der Waals surface area contributed by atoms with Crippen molar-refractivity contribution in [2.24, 2.45) is 0 Å². The van der Waals surface area contributed by atoms with Crippen LogP contribution in [0.5, 0.6) is 0 Å². The topological polar surface area (TPSA) is 38.7 Å². The second-order valence-electron chi connectivity index (χ2n) is 10.2. The molecule has 8 aromatic rings. The zero-order valence-corrected chi connectivity index (χ0v) is 22.7. The summed E-state index contributed by atoms with van der Waals surface area (Å²) in [5.41, 5.74) is 4.21. The highest BCUT2D eigenvalue weighted by Crippen LogP contribution is 2.36. The lowest BCUT2D eigenvalue weighted by atomic mass is 9.95. The van der Waals surface area contributed by atoms with Gasteiger partial charge >= 0.3 is 0 Å². The maximum absolute atomic E-state index is 6.51. The maximum atomic E-state index is 6.51. The summed E-state index contributed by atoms with van der Waals surface area (Å²) in [5.74, 6) is 1.11. The Labute approximate surface area is 241 Å². The van der Waals surface area contributed by atoms with Crippen LogP contribution in [0.2, 0.25) is 5.28 Å². The zero-order valence-electron chi connectivity index (χ0n) is 21.9. The summed E-state index contributed by atoms with van der Waals surface area (Å²) in [6.45, 7) is 0. The second-order valence-corrected chi connectivity index (χ2v) is 10.6. The predicted octanol–water partition coefficient (Wildman–Crippen LogP) is 10.1. The van der Waals surface area contributed by atoms with Gasteiger partial charge in [0.15, 0.2) is 11.6 Å². The highest BCUT2D eigenvalue weighted by Gasteiger charge is 2.14. The average Bonchev–Trinajstić information content (AvgIpc) is 3.03. The largest absolute Gasteiger partial charge is 0.226 e. The first kappa shape index (κ1) is 23.7. The molecule has 0 unspecified atom stereocenters. The molecule has 1 aromatic heterocycles. The smallest absolute Gasteiger partial charge is 0.208 e. The highest BCUT2D eigenvalue weighted by atomic mass is 35.5. The van der Waals surface area contributed by atoms with E-state index in [9.17, 15) is 0 Å². The molecule has 0 N–H and O–H groups in total. The van der Waals surface area contributed by atoms with Crippen LogP contribution in [0.1, 0.15) is 0 Å². The van der Waals surface area contributed by atoms with E-state index in [1.807, 2.05) is 12.1 Å². The lowest BCUT2D eigenvalue weighted by Gasteiger charge is -2.11. The minimum atomic E-state index is 0.174. The molecule has 0 saturated heterocycles. The summed E-state index contributed by atoms with van der Waals surface area (Å²) < 4.78 is 0. The van der Waals surface area contributed by atoms with Gasteiger partial charge in [-0.3, -0.25) is 0 Å². The van der Waals surface area contributed by atoms with Crippen molar-refractivity contribution in [3.8, 4) is 33.9 Å². The van der Waals surface area contributed by atoms with Crippen LogP contribution in [0, 0.1) is 0 Å². The van der Waals surface area contributed by atoms with Crippen molar-refractivity contribution in [1.29, 1.82) is 0 Å². The number of halogens is 1.